The number of hydrogen-bond donors (Lipinski definition) is 0. The predicted octanol–water partition coefficient (Wildman–Crippen LogP) is 2.83. The van der Waals surface area contributed by atoms with Crippen molar-refractivity contribution in [3.05, 3.63) is 17.5 Å². The van der Waals surface area contributed by atoms with Gasteiger partial charge in [-0.15, -0.1) is 0 Å². The number of carbonyl (C=O) groups is 1. The number of anilines is 1. The zero-order chi connectivity index (χ0) is 19.4. The van der Waals surface area contributed by atoms with Gasteiger partial charge < -0.3 is 14.7 Å². The van der Waals surface area contributed by atoms with E-state index >= 15 is 0 Å². The Morgan fingerprint density at radius 1 is 1.15 bits per heavy atom. The van der Waals surface area contributed by atoms with Crippen LogP contribution in [0.4, 0.5) is 5.95 Å². The summed E-state index contributed by atoms with van der Waals surface area (Å²) in [7, 11) is 4.24. The largest absolute Gasteiger partial charge is 0.341 e. The van der Waals surface area contributed by atoms with Gasteiger partial charge in [0.25, 0.3) is 5.91 Å². The summed E-state index contributed by atoms with van der Waals surface area (Å²) in [6.45, 7) is 9.08. The summed E-state index contributed by atoms with van der Waals surface area (Å²) in [5.41, 5.74) is 1.47. The van der Waals surface area contributed by atoms with E-state index in [0.29, 0.717) is 5.56 Å². The van der Waals surface area contributed by atoms with Gasteiger partial charge in [-0.1, -0.05) is 6.92 Å². The third kappa shape index (κ3) is 5.18. The summed E-state index contributed by atoms with van der Waals surface area (Å²) >= 11 is 0. The highest BCUT2D eigenvalue weighted by molar-refractivity contribution is 5.95. The molecule has 150 valence electrons. The molecule has 0 unspecified atom stereocenters. The van der Waals surface area contributed by atoms with Crippen molar-refractivity contribution in [2.24, 2.45) is 11.8 Å². The number of rotatable bonds is 5. The Morgan fingerprint density at radius 3 is 2.41 bits per heavy atom. The zero-order valence-electron chi connectivity index (χ0n) is 17.4. The lowest BCUT2D eigenvalue weighted by Gasteiger charge is -2.33. The average Bonchev–Trinajstić information content (AvgIpc) is 2.67. The van der Waals surface area contributed by atoms with Crippen molar-refractivity contribution in [1.82, 2.24) is 19.8 Å². The van der Waals surface area contributed by atoms with E-state index in [-0.39, 0.29) is 5.91 Å². The van der Waals surface area contributed by atoms with E-state index in [4.69, 9.17) is 0 Å². The lowest BCUT2D eigenvalue weighted by Crippen LogP contribution is -2.39. The molecule has 0 aliphatic carbocycles. The lowest BCUT2D eigenvalue weighted by molar-refractivity contribution is 0.0682. The van der Waals surface area contributed by atoms with Crippen LogP contribution in [0.15, 0.2) is 6.20 Å². The topological polar surface area (TPSA) is 52.6 Å². The van der Waals surface area contributed by atoms with E-state index in [9.17, 15) is 4.79 Å². The molecule has 1 amide bonds. The first-order valence-corrected chi connectivity index (χ1v) is 10.5. The number of nitrogens with zero attached hydrogens (tertiary/aromatic N) is 5. The van der Waals surface area contributed by atoms with Crippen LogP contribution in [0.3, 0.4) is 0 Å². The summed E-state index contributed by atoms with van der Waals surface area (Å²) in [6.07, 6.45) is 7.54. The molecule has 0 N–H and O–H groups in total. The van der Waals surface area contributed by atoms with Crippen molar-refractivity contribution in [2.45, 2.75) is 46.0 Å². The molecular formula is C21H35N5O. The van der Waals surface area contributed by atoms with Crippen LogP contribution in [0.25, 0.3) is 0 Å². The van der Waals surface area contributed by atoms with Crippen molar-refractivity contribution in [3.63, 3.8) is 0 Å². The Morgan fingerprint density at radius 2 is 1.81 bits per heavy atom. The van der Waals surface area contributed by atoms with E-state index in [1.807, 2.05) is 11.8 Å². The second kappa shape index (κ2) is 9.00. The zero-order valence-corrected chi connectivity index (χ0v) is 17.4. The minimum atomic E-state index is 0.0948. The molecule has 0 aromatic carbocycles. The standard InChI is InChI=1S/C21H35N5O/c1-16-5-11-26(12-6-16)21-22-15-19(17(2)23-21)20(27)25-13-8-18(9-14-25)7-10-24(3)4/h15-16,18H,5-14H2,1-4H3. The smallest absolute Gasteiger partial charge is 0.257 e. The van der Waals surface area contributed by atoms with Gasteiger partial charge in [-0.25, -0.2) is 9.97 Å². The minimum Gasteiger partial charge on any atom is -0.341 e. The van der Waals surface area contributed by atoms with E-state index in [1.165, 1.54) is 19.3 Å². The van der Waals surface area contributed by atoms with Crippen molar-refractivity contribution in [3.8, 4) is 0 Å². The second-order valence-corrected chi connectivity index (χ2v) is 8.67. The molecule has 0 saturated carbocycles. The van der Waals surface area contributed by atoms with Gasteiger partial charge in [-0.05, 0) is 71.5 Å². The van der Waals surface area contributed by atoms with Crippen molar-refractivity contribution >= 4 is 11.9 Å². The summed E-state index contributed by atoms with van der Waals surface area (Å²) in [5, 5.41) is 0. The van der Waals surface area contributed by atoms with Gasteiger partial charge in [0.2, 0.25) is 5.95 Å². The number of likely N-dealkylation sites (tertiary alicyclic amines) is 1. The number of aromatic nitrogens is 2. The van der Waals surface area contributed by atoms with Crippen LogP contribution in [-0.4, -0.2) is 72.5 Å². The molecule has 2 fully saturated rings. The van der Waals surface area contributed by atoms with Crippen LogP contribution >= 0.6 is 0 Å². The summed E-state index contributed by atoms with van der Waals surface area (Å²) < 4.78 is 0. The number of piperidine rings is 2. The maximum Gasteiger partial charge on any atom is 0.257 e. The fourth-order valence-corrected chi connectivity index (χ4v) is 4.06. The maximum absolute atomic E-state index is 12.9. The number of hydrogen-bond acceptors (Lipinski definition) is 5. The fourth-order valence-electron chi connectivity index (χ4n) is 4.06. The Balaban J connectivity index is 1.57. The molecule has 3 rings (SSSR count). The molecule has 1 aromatic heterocycles. The molecule has 2 saturated heterocycles. The normalized spacial score (nSPS) is 19.7. The van der Waals surface area contributed by atoms with Crippen molar-refractivity contribution < 1.29 is 4.79 Å². The molecule has 6 heteroatoms. The lowest BCUT2D eigenvalue weighted by atomic mass is 9.93. The summed E-state index contributed by atoms with van der Waals surface area (Å²) in [5.74, 6) is 2.39. The van der Waals surface area contributed by atoms with E-state index in [0.717, 1.165) is 69.0 Å². The molecule has 0 atom stereocenters. The second-order valence-electron chi connectivity index (χ2n) is 8.67. The first kappa shape index (κ1) is 20.1. The van der Waals surface area contributed by atoms with Gasteiger partial charge in [0.1, 0.15) is 0 Å². The Labute approximate surface area is 164 Å². The summed E-state index contributed by atoms with van der Waals surface area (Å²) in [4.78, 5) is 28.6. The van der Waals surface area contributed by atoms with Crippen molar-refractivity contribution in [2.75, 3.05) is 51.7 Å². The van der Waals surface area contributed by atoms with Gasteiger partial charge in [-0.3, -0.25) is 4.79 Å². The number of aryl methyl sites for hydroxylation is 1. The minimum absolute atomic E-state index is 0.0948. The molecule has 27 heavy (non-hydrogen) atoms. The highest BCUT2D eigenvalue weighted by Crippen LogP contribution is 2.24. The van der Waals surface area contributed by atoms with Crippen molar-refractivity contribution in [1.29, 1.82) is 0 Å². The maximum atomic E-state index is 12.9. The number of carbonyl (C=O) groups excluding carboxylic acids is 1. The summed E-state index contributed by atoms with van der Waals surface area (Å²) in [6, 6.07) is 0. The van der Waals surface area contributed by atoms with Gasteiger partial charge >= 0.3 is 0 Å². The SMILES string of the molecule is Cc1nc(N2CCC(C)CC2)ncc1C(=O)N1CCC(CCN(C)C)CC1. The van der Waals surface area contributed by atoms with Gasteiger partial charge in [0.15, 0.2) is 0 Å². The highest BCUT2D eigenvalue weighted by Gasteiger charge is 2.26. The molecule has 0 radical (unpaired) electrons. The fraction of sp³-hybridized carbons (Fsp3) is 0.762. The Kier molecular flexibility index (Phi) is 6.68. The Bertz CT molecular complexity index is 631. The average molecular weight is 374 g/mol. The van der Waals surface area contributed by atoms with Gasteiger partial charge in [-0.2, -0.15) is 0 Å². The van der Waals surface area contributed by atoms with E-state index in [1.54, 1.807) is 6.20 Å². The third-order valence-electron chi connectivity index (χ3n) is 6.15. The molecule has 0 spiro atoms. The molecule has 6 nitrogen and oxygen atoms in total. The molecule has 2 aliphatic heterocycles. The van der Waals surface area contributed by atoms with E-state index in [2.05, 4.69) is 40.8 Å². The quantitative estimate of drug-likeness (QED) is 0.794. The van der Waals surface area contributed by atoms with Crippen LogP contribution < -0.4 is 4.90 Å². The van der Waals surface area contributed by atoms with Crippen LogP contribution in [0, 0.1) is 18.8 Å². The van der Waals surface area contributed by atoms with Gasteiger partial charge in [0, 0.05) is 32.4 Å². The van der Waals surface area contributed by atoms with E-state index < -0.39 is 0 Å². The predicted molar refractivity (Wildman–Crippen MR) is 109 cm³/mol. The highest BCUT2D eigenvalue weighted by atomic mass is 16.2. The van der Waals surface area contributed by atoms with Gasteiger partial charge in [0.05, 0.1) is 11.3 Å². The third-order valence-corrected chi connectivity index (χ3v) is 6.15. The first-order chi connectivity index (χ1) is 12.9. The Hall–Kier alpha value is -1.69. The molecule has 0 bridgehead atoms. The number of amides is 1. The first-order valence-electron chi connectivity index (χ1n) is 10.5. The molecular weight excluding hydrogens is 338 g/mol. The molecule has 3 heterocycles. The molecule has 2 aliphatic rings. The van der Waals surface area contributed by atoms with Crippen LogP contribution in [0.5, 0.6) is 0 Å². The van der Waals surface area contributed by atoms with Crippen LogP contribution in [0.2, 0.25) is 0 Å². The monoisotopic (exact) mass is 373 g/mol. The van der Waals surface area contributed by atoms with Crippen LogP contribution in [-0.2, 0) is 0 Å². The molecule has 1 aromatic rings. The van der Waals surface area contributed by atoms with Crippen LogP contribution in [0.1, 0.15) is 55.1 Å².